The van der Waals surface area contributed by atoms with E-state index in [9.17, 15) is 28.8 Å². The van der Waals surface area contributed by atoms with Gasteiger partial charge in [0.2, 0.25) is 11.8 Å². The summed E-state index contributed by atoms with van der Waals surface area (Å²) in [5, 5.41) is 3.50. The average molecular weight is 779 g/mol. The zero-order chi connectivity index (χ0) is 40.0. The highest BCUT2D eigenvalue weighted by Gasteiger charge is 2.45. The van der Waals surface area contributed by atoms with Crippen molar-refractivity contribution in [3.05, 3.63) is 82.0 Å². The molecule has 5 amide bonds. The van der Waals surface area contributed by atoms with Crippen LogP contribution in [0.4, 0.5) is 0 Å². The highest BCUT2D eigenvalue weighted by molar-refractivity contribution is 6.23. The van der Waals surface area contributed by atoms with E-state index < -0.39 is 35.3 Å². The number of pyridine rings is 2. The molecule has 6 heterocycles. The predicted molar refractivity (Wildman–Crippen MR) is 204 cm³/mol. The van der Waals surface area contributed by atoms with E-state index in [4.69, 9.17) is 18.9 Å². The van der Waals surface area contributed by atoms with Crippen LogP contribution in [0.25, 0.3) is 21.9 Å². The molecule has 16 heteroatoms. The molecule has 0 aliphatic carbocycles. The van der Waals surface area contributed by atoms with Gasteiger partial charge in [0.25, 0.3) is 23.3 Å². The molecule has 16 nitrogen and oxygen atoms in total. The number of hydrogen-bond donors (Lipinski definition) is 1. The van der Waals surface area contributed by atoms with Crippen LogP contribution >= 0.6 is 0 Å². The maximum absolute atomic E-state index is 13.4. The lowest BCUT2D eigenvalue weighted by Crippen LogP contribution is -2.58. The van der Waals surface area contributed by atoms with E-state index in [0.717, 1.165) is 27.0 Å². The SMILES string of the molecule is COc1cc(-c2cn(C)c(=O)c3cnccc23)cc(OC)c1CN1CCC2(CC1)CN(C(=O)COc1ccc3c(c1)C(=O)N(C1CCC(=O)NC1=O)C3=O)CCO2. The second kappa shape index (κ2) is 15.1. The first kappa shape index (κ1) is 37.8. The Hall–Kier alpha value is -6.13. The number of morpholine rings is 1. The van der Waals surface area contributed by atoms with Gasteiger partial charge in [-0.25, -0.2) is 0 Å². The number of methoxy groups -OCH3 is 2. The van der Waals surface area contributed by atoms with E-state index in [2.05, 4.69) is 15.2 Å². The maximum atomic E-state index is 13.4. The van der Waals surface area contributed by atoms with Crippen LogP contribution in [0.5, 0.6) is 17.2 Å². The van der Waals surface area contributed by atoms with Crippen molar-refractivity contribution in [2.75, 3.05) is 53.6 Å². The predicted octanol–water partition coefficient (Wildman–Crippen LogP) is 2.29. The number of imide groups is 2. The van der Waals surface area contributed by atoms with Crippen molar-refractivity contribution in [1.29, 1.82) is 0 Å². The van der Waals surface area contributed by atoms with Crippen molar-refractivity contribution in [2.24, 2.45) is 7.05 Å². The summed E-state index contributed by atoms with van der Waals surface area (Å²) in [5.41, 5.74) is 2.17. The molecule has 2 aromatic carbocycles. The van der Waals surface area contributed by atoms with Crippen LogP contribution < -0.4 is 25.1 Å². The summed E-state index contributed by atoms with van der Waals surface area (Å²) in [6.45, 7) is 2.92. The quantitative estimate of drug-likeness (QED) is 0.246. The van der Waals surface area contributed by atoms with E-state index in [0.29, 0.717) is 69.1 Å². The largest absolute Gasteiger partial charge is 0.496 e. The van der Waals surface area contributed by atoms with Gasteiger partial charge in [0, 0.05) is 70.3 Å². The maximum Gasteiger partial charge on any atom is 0.262 e. The van der Waals surface area contributed by atoms with Gasteiger partial charge in [-0.1, -0.05) is 0 Å². The Labute approximate surface area is 327 Å². The van der Waals surface area contributed by atoms with Gasteiger partial charge in [0.1, 0.15) is 23.3 Å². The first-order chi connectivity index (χ1) is 27.5. The molecule has 4 aromatic rings. The lowest BCUT2D eigenvalue weighted by atomic mass is 9.89. The number of benzene rings is 2. The molecule has 296 valence electrons. The molecule has 0 radical (unpaired) electrons. The Kier molecular flexibility index (Phi) is 9.99. The van der Waals surface area contributed by atoms with Crippen molar-refractivity contribution in [3.63, 3.8) is 0 Å². The van der Waals surface area contributed by atoms with Gasteiger partial charge in [-0.3, -0.25) is 48.9 Å². The Balaban J connectivity index is 0.895. The summed E-state index contributed by atoms with van der Waals surface area (Å²) in [7, 11) is 4.98. The van der Waals surface area contributed by atoms with Gasteiger partial charge >= 0.3 is 0 Å². The van der Waals surface area contributed by atoms with E-state index in [1.807, 2.05) is 24.4 Å². The first-order valence-corrected chi connectivity index (χ1v) is 18.8. The normalized spacial score (nSPS) is 19.5. The Morgan fingerprint density at radius 1 is 0.930 bits per heavy atom. The number of likely N-dealkylation sites (tertiary alicyclic amines) is 1. The number of aromatic nitrogens is 2. The zero-order valence-electron chi connectivity index (χ0n) is 31.9. The molecule has 4 aliphatic rings. The smallest absolute Gasteiger partial charge is 0.262 e. The highest BCUT2D eigenvalue weighted by atomic mass is 16.5. The molecule has 0 saturated carbocycles. The third kappa shape index (κ3) is 6.99. The van der Waals surface area contributed by atoms with E-state index in [-0.39, 0.29) is 47.8 Å². The lowest BCUT2D eigenvalue weighted by Gasteiger charge is -2.47. The number of piperidine rings is 2. The van der Waals surface area contributed by atoms with Crippen LogP contribution in [0.15, 0.2) is 59.8 Å². The molecule has 57 heavy (non-hydrogen) atoms. The summed E-state index contributed by atoms with van der Waals surface area (Å²) >= 11 is 0. The van der Waals surface area contributed by atoms with Crippen molar-refractivity contribution >= 4 is 40.3 Å². The molecule has 1 N–H and O–H groups in total. The number of ether oxygens (including phenoxy) is 4. The zero-order valence-corrected chi connectivity index (χ0v) is 31.9. The van der Waals surface area contributed by atoms with Gasteiger partial charge in [-0.05, 0) is 66.6 Å². The second-order valence-corrected chi connectivity index (χ2v) is 14.8. The number of nitrogens with one attached hydrogen (secondary N) is 1. The monoisotopic (exact) mass is 778 g/mol. The number of carbonyl (C=O) groups excluding carboxylic acids is 5. The topological polar surface area (TPSA) is 179 Å². The van der Waals surface area contributed by atoms with Gasteiger partial charge in [0.05, 0.1) is 48.5 Å². The first-order valence-electron chi connectivity index (χ1n) is 18.8. The van der Waals surface area contributed by atoms with Gasteiger partial charge < -0.3 is 28.4 Å². The fourth-order valence-corrected chi connectivity index (χ4v) is 8.32. The summed E-state index contributed by atoms with van der Waals surface area (Å²) in [5.74, 6) is -1.06. The van der Waals surface area contributed by atoms with Crippen molar-refractivity contribution in [2.45, 2.75) is 43.9 Å². The third-order valence-corrected chi connectivity index (χ3v) is 11.4. The number of rotatable bonds is 9. The van der Waals surface area contributed by atoms with E-state index in [1.54, 1.807) is 43.1 Å². The molecular formula is C41H42N6O10. The van der Waals surface area contributed by atoms with Crippen LogP contribution in [0.2, 0.25) is 0 Å². The number of nitrogens with zero attached hydrogens (tertiary/aromatic N) is 5. The number of hydrogen-bond acceptors (Lipinski definition) is 12. The van der Waals surface area contributed by atoms with Crippen molar-refractivity contribution in [1.82, 2.24) is 29.6 Å². The van der Waals surface area contributed by atoms with Crippen molar-refractivity contribution in [3.8, 4) is 28.4 Å². The fraction of sp³-hybridized carbons (Fsp3) is 0.390. The summed E-state index contributed by atoms with van der Waals surface area (Å²) in [6, 6.07) is 9.08. The standard InChI is InChI=1S/C41H42N6O10/c1-44-20-30(26-8-11-42-19-29(26)38(44)51)24-16-33(54-2)31(34(17-24)55-3)21-45-12-9-41(10-13-45)23-46(14-15-57-41)36(49)22-56-25-4-5-27-28(18-25)40(53)47(39(27)52)32-6-7-35(48)43-37(32)50/h4-5,8,11,16-20,32H,6-7,9-10,12-15,21-23H2,1-3H3,(H,43,48,50). The second-order valence-electron chi connectivity index (χ2n) is 14.8. The van der Waals surface area contributed by atoms with Crippen LogP contribution in [-0.2, 0) is 32.7 Å². The Morgan fingerprint density at radius 3 is 2.39 bits per heavy atom. The Morgan fingerprint density at radius 2 is 1.67 bits per heavy atom. The van der Waals surface area contributed by atoms with Gasteiger partial charge in [0.15, 0.2) is 6.61 Å². The lowest BCUT2D eigenvalue weighted by molar-refractivity contribution is -0.161. The minimum absolute atomic E-state index is 0.0265. The molecule has 1 atom stereocenters. The van der Waals surface area contributed by atoms with Crippen molar-refractivity contribution < 1.29 is 42.9 Å². The van der Waals surface area contributed by atoms with Crippen LogP contribution in [0.1, 0.15) is 52.0 Å². The molecule has 8 rings (SSSR count). The van der Waals surface area contributed by atoms with Crippen LogP contribution in [0, 0.1) is 0 Å². The number of aryl methyl sites for hydroxylation is 1. The highest BCUT2D eigenvalue weighted by Crippen LogP contribution is 2.39. The molecule has 1 spiro atoms. The number of amides is 5. The molecule has 3 saturated heterocycles. The van der Waals surface area contributed by atoms with E-state index in [1.165, 1.54) is 18.2 Å². The number of carbonyl (C=O) groups is 5. The average Bonchev–Trinajstić information content (AvgIpc) is 3.47. The summed E-state index contributed by atoms with van der Waals surface area (Å²) in [4.78, 5) is 85.6. The summed E-state index contributed by atoms with van der Waals surface area (Å²) < 4.78 is 25.5. The summed E-state index contributed by atoms with van der Waals surface area (Å²) in [6.07, 6.45) is 6.54. The molecule has 4 aliphatic heterocycles. The Bertz CT molecular complexity index is 2360. The molecular weight excluding hydrogens is 736 g/mol. The third-order valence-electron chi connectivity index (χ3n) is 11.4. The molecule has 0 bridgehead atoms. The van der Waals surface area contributed by atoms with Gasteiger partial charge in [-0.2, -0.15) is 0 Å². The minimum atomic E-state index is -1.07. The van der Waals surface area contributed by atoms with Gasteiger partial charge in [-0.15, -0.1) is 0 Å². The number of fused-ring (bicyclic) bond motifs is 2. The molecule has 3 fully saturated rings. The molecule has 1 unspecified atom stereocenters. The van der Waals surface area contributed by atoms with Crippen LogP contribution in [0.3, 0.4) is 0 Å². The molecule has 2 aromatic heterocycles. The fourth-order valence-electron chi connectivity index (χ4n) is 8.32. The van der Waals surface area contributed by atoms with Crippen LogP contribution in [-0.4, -0.2) is 119 Å². The minimum Gasteiger partial charge on any atom is -0.496 e. The van der Waals surface area contributed by atoms with E-state index >= 15 is 0 Å².